The number of anilines is 1. The van der Waals surface area contributed by atoms with Crippen LogP contribution in [0.1, 0.15) is 19.1 Å². The van der Waals surface area contributed by atoms with Gasteiger partial charge in [0.2, 0.25) is 5.91 Å². The van der Waals surface area contributed by atoms with Gasteiger partial charge in [0.1, 0.15) is 5.76 Å². The minimum atomic E-state index is -0.125. The van der Waals surface area contributed by atoms with E-state index in [1.165, 1.54) is 0 Å². The van der Waals surface area contributed by atoms with Crippen molar-refractivity contribution in [2.45, 2.75) is 26.3 Å². The Labute approximate surface area is 148 Å². The molecule has 8 nitrogen and oxygen atoms in total. The number of nitrogens with zero attached hydrogens (tertiary/aromatic N) is 4. The highest BCUT2D eigenvalue weighted by atomic mass is 16.5. The molecule has 0 saturated heterocycles. The fourth-order valence-electron chi connectivity index (χ4n) is 2.81. The number of hydrogen-bond donors (Lipinski definition) is 1. The Balaban J connectivity index is 1.90. The van der Waals surface area contributed by atoms with Gasteiger partial charge in [-0.15, -0.1) is 0 Å². The molecule has 2 heterocycles. The van der Waals surface area contributed by atoms with Gasteiger partial charge in [0.25, 0.3) is 0 Å². The summed E-state index contributed by atoms with van der Waals surface area (Å²) < 4.78 is 4.94. The number of hydrogen-bond acceptors (Lipinski definition) is 5. The molecule has 1 aliphatic heterocycles. The number of likely N-dealkylation sites (N-methyl/N-ethyl adjacent to an activating group) is 1. The zero-order chi connectivity index (χ0) is 18.6. The van der Waals surface area contributed by atoms with Crippen LogP contribution < -0.4 is 5.32 Å². The molecule has 0 saturated carbocycles. The summed E-state index contributed by atoms with van der Waals surface area (Å²) in [4.78, 5) is 29.6. The average molecular weight is 349 g/mol. The van der Waals surface area contributed by atoms with Crippen LogP contribution in [0.4, 0.5) is 10.6 Å². The average Bonchev–Trinajstić information content (AvgIpc) is 2.97. The summed E-state index contributed by atoms with van der Waals surface area (Å²) in [5.41, 5.74) is 1.15. The first-order chi connectivity index (χ1) is 11.8. The number of urea groups is 1. The Bertz CT molecular complexity index is 652. The SMILES string of the molecule is Cc1cc(NC(=O)CN2CCC=C([C@H](C)N(C)C(=O)N(C)C)C2)no1. The molecule has 1 aromatic heterocycles. The van der Waals surface area contributed by atoms with Crippen LogP contribution in [-0.4, -0.2) is 78.6 Å². The van der Waals surface area contributed by atoms with Gasteiger partial charge in [-0.05, 0) is 25.8 Å². The van der Waals surface area contributed by atoms with Gasteiger partial charge in [-0.2, -0.15) is 0 Å². The van der Waals surface area contributed by atoms with Gasteiger partial charge >= 0.3 is 6.03 Å². The molecule has 0 aliphatic carbocycles. The van der Waals surface area contributed by atoms with E-state index < -0.39 is 0 Å². The Morgan fingerprint density at radius 1 is 1.40 bits per heavy atom. The van der Waals surface area contributed by atoms with Crippen molar-refractivity contribution in [1.82, 2.24) is 19.9 Å². The van der Waals surface area contributed by atoms with Crippen LogP contribution in [-0.2, 0) is 4.79 Å². The maximum absolute atomic E-state index is 12.2. The van der Waals surface area contributed by atoms with Crippen molar-refractivity contribution < 1.29 is 14.1 Å². The van der Waals surface area contributed by atoms with E-state index in [2.05, 4.69) is 21.4 Å². The highest BCUT2D eigenvalue weighted by molar-refractivity contribution is 5.91. The molecule has 138 valence electrons. The normalized spacial score (nSPS) is 16.1. The Kier molecular flexibility index (Phi) is 6.19. The lowest BCUT2D eigenvalue weighted by Gasteiger charge is -2.34. The smallest absolute Gasteiger partial charge is 0.319 e. The zero-order valence-corrected chi connectivity index (χ0v) is 15.6. The zero-order valence-electron chi connectivity index (χ0n) is 15.6. The van der Waals surface area contributed by atoms with Crippen LogP contribution in [0.15, 0.2) is 22.2 Å². The first kappa shape index (κ1) is 19.0. The second kappa shape index (κ2) is 8.15. The van der Waals surface area contributed by atoms with Gasteiger partial charge < -0.3 is 19.6 Å². The maximum Gasteiger partial charge on any atom is 0.319 e. The summed E-state index contributed by atoms with van der Waals surface area (Å²) in [7, 11) is 5.28. The fraction of sp³-hybridized carbons (Fsp3) is 0.588. The summed E-state index contributed by atoms with van der Waals surface area (Å²) in [5, 5.41) is 6.50. The predicted octanol–water partition coefficient (Wildman–Crippen LogP) is 1.56. The van der Waals surface area contributed by atoms with Gasteiger partial charge in [0.15, 0.2) is 5.82 Å². The standard InChI is InChI=1S/C17H27N5O3/c1-12-9-15(19-25-12)18-16(23)11-22-8-6-7-14(10-22)13(2)21(5)17(24)20(3)4/h7,9,13H,6,8,10-11H2,1-5H3,(H,18,19,23)/t13-/m0/s1. The fourth-order valence-corrected chi connectivity index (χ4v) is 2.81. The summed E-state index contributed by atoms with van der Waals surface area (Å²) in [6.07, 6.45) is 3.03. The van der Waals surface area contributed by atoms with Crippen molar-refractivity contribution >= 4 is 17.8 Å². The van der Waals surface area contributed by atoms with Gasteiger partial charge in [-0.3, -0.25) is 9.69 Å². The summed E-state index contributed by atoms with van der Waals surface area (Å²) in [6.45, 7) is 5.54. The van der Waals surface area contributed by atoms with Crippen LogP contribution in [0.3, 0.4) is 0 Å². The van der Waals surface area contributed by atoms with E-state index in [9.17, 15) is 9.59 Å². The molecule has 1 aromatic rings. The second-order valence-electron chi connectivity index (χ2n) is 6.61. The van der Waals surface area contributed by atoms with Crippen LogP contribution in [0, 0.1) is 6.92 Å². The highest BCUT2D eigenvalue weighted by Gasteiger charge is 2.24. The number of amides is 3. The maximum atomic E-state index is 12.2. The van der Waals surface area contributed by atoms with Crippen molar-refractivity contribution in [2.75, 3.05) is 46.1 Å². The molecular formula is C17H27N5O3. The van der Waals surface area contributed by atoms with Gasteiger partial charge in [-0.1, -0.05) is 11.2 Å². The minimum Gasteiger partial charge on any atom is -0.360 e. The molecule has 0 bridgehead atoms. The largest absolute Gasteiger partial charge is 0.360 e. The van der Waals surface area contributed by atoms with Crippen LogP contribution >= 0.6 is 0 Å². The van der Waals surface area contributed by atoms with Crippen molar-refractivity contribution in [2.24, 2.45) is 0 Å². The third kappa shape index (κ3) is 5.06. The molecule has 1 N–H and O–H groups in total. The Morgan fingerprint density at radius 3 is 2.72 bits per heavy atom. The van der Waals surface area contributed by atoms with E-state index in [1.54, 1.807) is 43.9 Å². The lowest BCUT2D eigenvalue weighted by atomic mass is 10.0. The number of rotatable bonds is 5. The van der Waals surface area contributed by atoms with E-state index in [-0.39, 0.29) is 24.5 Å². The lowest BCUT2D eigenvalue weighted by molar-refractivity contribution is -0.117. The van der Waals surface area contributed by atoms with Crippen molar-refractivity contribution in [3.8, 4) is 0 Å². The number of aryl methyl sites for hydroxylation is 1. The molecule has 0 unspecified atom stereocenters. The number of carbonyl (C=O) groups is 2. The predicted molar refractivity (Wildman–Crippen MR) is 95.3 cm³/mol. The molecule has 25 heavy (non-hydrogen) atoms. The van der Waals surface area contributed by atoms with E-state index >= 15 is 0 Å². The van der Waals surface area contributed by atoms with Crippen LogP contribution in [0.25, 0.3) is 0 Å². The van der Waals surface area contributed by atoms with Crippen molar-refractivity contribution in [1.29, 1.82) is 0 Å². The summed E-state index contributed by atoms with van der Waals surface area (Å²) in [5.74, 6) is 0.959. The molecule has 0 aromatic carbocycles. The highest BCUT2D eigenvalue weighted by Crippen LogP contribution is 2.17. The topological polar surface area (TPSA) is 81.9 Å². The number of nitrogens with one attached hydrogen (secondary N) is 1. The molecule has 3 amide bonds. The molecule has 0 fully saturated rings. The minimum absolute atomic E-state index is 0.0149. The Hall–Kier alpha value is -2.35. The van der Waals surface area contributed by atoms with Gasteiger partial charge in [0, 0.05) is 40.3 Å². The Morgan fingerprint density at radius 2 is 2.12 bits per heavy atom. The van der Waals surface area contributed by atoms with Crippen LogP contribution in [0.5, 0.6) is 0 Å². The third-order valence-electron chi connectivity index (χ3n) is 4.32. The molecule has 0 radical (unpaired) electrons. The first-order valence-corrected chi connectivity index (χ1v) is 8.36. The van der Waals surface area contributed by atoms with E-state index in [1.807, 2.05) is 6.92 Å². The van der Waals surface area contributed by atoms with Crippen molar-refractivity contribution in [3.05, 3.63) is 23.5 Å². The molecule has 2 rings (SSSR count). The monoisotopic (exact) mass is 349 g/mol. The van der Waals surface area contributed by atoms with E-state index in [4.69, 9.17) is 4.52 Å². The quantitative estimate of drug-likeness (QED) is 0.816. The van der Waals surface area contributed by atoms with Gasteiger partial charge in [-0.25, -0.2) is 4.79 Å². The molecule has 1 aliphatic rings. The van der Waals surface area contributed by atoms with Crippen molar-refractivity contribution in [3.63, 3.8) is 0 Å². The summed E-state index contributed by atoms with van der Waals surface area (Å²) >= 11 is 0. The van der Waals surface area contributed by atoms with Gasteiger partial charge in [0.05, 0.1) is 12.6 Å². The van der Waals surface area contributed by atoms with E-state index in [0.29, 0.717) is 18.1 Å². The van der Waals surface area contributed by atoms with Crippen LogP contribution in [0.2, 0.25) is 0 Å². The molecular weight excluding hydrogens is 322 g/mol. The third-order valence-corrected chi connectivity index (χ3v) is 4.32. The lowest BCUT2D eigenvalue weighted by Crippen LogP contribution is -2.46. The second-order valence-corrected chi connectivity index (χ2v) is 6.61. The number of aromatic nitrogens is 1. The first-order valence-electron chi connectivity index (χ1n) is 8.36. The number of carbonyl (C=O) groups excluding carboxylic acids is 2. The molecule has 0 spiro atoms. The molecule has 8 heteroatoms. The van der Waals surface area contributed by atoms with E-state index in [0.717, 1.165) is 18.5 Å². The molecule has 1 atom stereocenters. The summed E-state index contributed by atoms with van der Waals surface area (Å²) in [6, 6.07) is 1.63.